The van der Waals surface area contributed by atoms with Gasteiger partial charge < -0.3 is 0 Å². The zero-order valence-electron chi connectivity index (χ0n) is 10.3. The fraction of sp³-hybridized carbons (Fsp3) is 0.0714. The van der Waals surface area contributed by atoms with E-state index in [0.717, 1.165) is 0 Å². The lowest BCUT2D eigenvalue weighted by Gasteiger charge is -2.17. The van der Waals surface area contributed by atoms with E-state index in [0.29, 0.717) is 11.3 Å². The molecule has 2 aliphatic rings. The molecule has 3 rings (SSSR count). The Labute approximate surface area is 114 Å². The van der Waals surface area contributed by atoms with E-state index in [1.807, 2.05) is 0 Å². The summed E-state index contributed by atoms with van der Waals surface area (Å²) in [5, 5.41) is 10.6. The van der Waals surface area contributed by atoms with Crippen LogP contribution in [0.4, 0.5) is 5.69 Å². The molecule has 1 heterocycles. The number of amidine groups is 1. The molecule has 1 unspecified atom stereocenters. The van der Waals surface area contributed by atoms with Crippen molar-refractivity contribution in [3.8, 4) is 0 Å². The molecule has 20 heavy (non-hydrogen) atoms. The number of carbonyl (C=O) groups is 1. The standard InChI is InChI=1S/C14H9N3O3/c18-14-11-3-1-2-4-12(11)15-13(16-14)9-5-7-10(8-6-9)17(19)20/h1-8,11H. The highest BCUT2D eigenvalue weighted by Gasteiger charge is 2.26. The van der Waals surface area contributed by atoms with Crippen LogP contribution in [-0.4, -0.2) is 22.4 Å². The smallest absolute Gasteiger partial charge is 0.269 e. The van der Waals surface area contributed by atoms with Crippen LogP contribution in [0, 0.1) is 16.0 Å². The molecule has 0 radical (unpaired) electrons. The quantitative estimate of drug-likeness (QED) is 0.607. The van der Waals surface area contributed by atoms with Crippen LogP contribution < -0.4 is 0 Å². The number of nitro benzene ring substituents is 1. The maximum atomic E-state index is 11.9. The van der Waals surface area contributed by atoms with Crippen LogP contribution in [0.15, 0.2) is 58.6 Å². The third-order valence-corrected chi connectivity index (χ3v) is 3.05. The summed E-state index contributed by atoms with van der Waals surface area (Å²) >= 11 is 0. The Morgan fingerprint density at radius 3 is 2.55 bits per heavy atom. The van der Waals surface area contributed by atoms with E-state index in [4.69, 9.17) is 0 Å². The molecule has 0 aromatic heterocycles. The van der Waals surface area contributed by atoms with Crippen LogP contribution in [0.2, 0.25) is 0 Å². The van der Waals surface area contributed by atoms with Gasteiger partial charge in [-0.2, -0.15) is 4.99 Å². The van der Waals surface area contributed by atoms with Crippen LogP contribution in [-0.2, 0) is 4.79 Å². The number of hydrogen-bond donors (Lipinski definition) is 0. The first-order chi connectivity index (χ1) is 9.65. The fourth-order valence-electron chi connectivity index (χ4n) is 2.03. The molecule has 1 amide bonds. The van der Waals surface area contributed by atoms with E-state index in [2.05, 4.69) is 9.98 Å². The summed E-state index contributed by atoms with van der Waals surface area (Å²) in [7, 11) is 0. The van der Waals surface area contributed by atoms with Crippen LogP contribution in [0.3, 0.4) is 0 Å². The van der Waals surface area contributed by atoms with E-state index in [-0.39, 0.29) is 17.4 Å². The van der Waals surface area contributed by atoms with Gasteiger partial charge in [0, 0.05) is 17.7 Å². The lowest BCUT2D eigenvalue weighted by Crippen LogP contribution is -2.27. The Morgan fingerprint density at radius 1 is 1.10 bits per heavy atom. The number of hydrogen-bond acceptors (Lipinski definition) is 4. The van der Waals surface area contributed by atoms with Gasteiger partial charge in [-0.3, -0.25) is 14.9 Å². The van der Waals surface area contributed by atoms with Crippen molar-refractivity contribution in [1.82, 2.24) is 0 Å². The van der Waals surface area contributed by atoms with E-state index < -0.39 is 10.8 Å². The number of fused-ring (bicyclic) bond motifs is 1. The highest BCUT2D eigenvalue weighted by molar-refractivity contribution is 6.24. The maximum Gasteiger partial charge on any atom is 0.269 e. The fourth-order valence-corrected chi connectivity index (χ4v) is 2.03. The van der Waals surface area contributed by atoms with Gasteiger partial charge in [-0.1, -0.05) is 18.2 Å². The molecule has 1 aliphatic heterocycles. The van der Waals surface area contributed by atoms with Gasteiger partial charge in [-0.15, -0.1) is 0 Å². The van der Waals surface area contributed by atoms with Crippen molar-refractivity contribution < 1.29 is 9.72 Å². The van der Waals surface area contributed by atoms with Gasteiger partial charge in [-0.25, -0.2) is 4.99 Å². The Bertz CT molecular complexity index is 712. The van der Waals surface area contributed by atoms with Crippen molar-refractivity contribution in [2.45, 2.75) is 0 Å². The van der Waals surface area contributed by atoms with E-state index in [9.17, 15) is 14.9 Å². The SMILES string of the molecule is O=C1N=C(c2ccc([N+](=O)[O-])cc2)N=C2C=CC=CC12. The second kappa shape index (κ2) is 4.65. The molecule has 6 nitrogen and oxygen atoms in total. The van der Waals surface area contributed by atoms with Crippen LogP contribution in [0.1, 0.15) is 5.56 Å². The van der Waals surface area contributed by atoms with Gasteiger partial charge in [0.05, 0.1) is 10.6 Å². The maximum absolute atomic E-state index is 11.9. The Balaban J connectivity index is 1.97. The molecule has 0 N–H and O–H groups in total. The Morgan fingerprint density at radius 2 is 1.85 bits per heavy atom. The Kier molecular flexibility index (Phi) is 2.83. The first-order valence-corrected chi connectivity index (χ1v) is 5.96. The third-order valence-electron chi connectivity index (χ3n) is 3.05. The molecule has 0 spiro atoms. The first-order valence-electron chi connectivity index (χ1n) is 5.96. The van der Waals surface area contributed by atoms with Crippen LogP contribution in [0.5, 0.6) is 0 Å². The minimum atomic E-state index is -0.478. The molecule has 0 fully saturated rings. The lowest BCUT2D eigenvalue weighted by atomic mass is 9.96. The van der Waals surface area contributed by atoms with Crippen molar-refractivity contribution in [3.63, 3.8) is 0 Å². The van der Waals surface area contributed by atoms with Gasteiger partial charge in [0.25, 0.3) is 11.6 Å². The average molecular weight is 267 g/mol. The lowest BCUT2D eigenvalue weighted by molar-refractivity contribution is -0.384. The molecule has 0 saturated carbocycles. The molecule has 0 bridgehead atoms. The predicted molar refractivity (Wildman–Crippen MR) is 73.8 cm³/mol. The number of carbonyl (C=O) groups excluding carboxylic acids is 1. The van der Waals surface area contributed by atoms with Gasteiger partial charge >= 0.3 is 0 Å². The number of aliphatic imine (C=N–C) groups is 2. The summed E-state index contributed by atoms with van der Waals surface area (Å²) in [5.41, 5.74) is 1.21. The van der Waals surface area contributed by atoms with Crippen LogP contribution in [0.25, 0.3) is 0 Å². The Hall–Kier alpha value is -2.89. The molecule has 6 heteroatoms. The molecule has 98 valence electrons. The molecule has 1 atom stereocenters. The third kappa shape index (κ3) is 2.07. The summed E-state index contributed by atoms with van der Waals surface area (Å²) in [6.45, 7) is 0. The number of nitrogens with zero attached hydrogens (tertiary/aromatic N) is 3. The highest BCUT2D eigenvalue weighted by atomic mass is 16.6. The van der Waals surface area contributed by atoms with Crippen molar-refractivity contribution >= 4 is 23.1 Å². The van der Waals surface area contributed by atoms with Crippen molar-refractivity contribution in [1.29, 1.82) is 0 Å². The minimum absolute atomic E-state index is 0.0116. The van der Waals surface area contributed by atoms with Gasteiger partial charge in [0.1, 0.15) is 5.92 Å². The zero-order chi connectivity index (χ0) is 14.1. The van der Waals surface area contributed by atoms with Crippen molar-refractivity contribution in [2.75, 3.05) is 0 Å². The van der Waals surface area contributed by atoms with Gasteiger partial charge in [-0.05, 0) is 18.2 Å². The van der Waals surface area contributed by atoms with E-state index >= 15 is 0 Å². The first kappa shape index (κ1) is 12.2. The van der Waals surface area contributed by atoms with E-state index in [1.54, 1.807) is 24.3 Å². The van der Waals surface area contributed by atoms with Crippen LogP contribution >= 0.6 is 0 Å². The second-order valence-electron chi connectivity index (χ2n) is 4.34. The summed E-state index contributed by atoms with van der Waals surface area (Å²) in [6.07, 6.45) is 7.11. The average Bonchev–Trinajstić information content (AvgIpc) is 2.47. The van der Waals surface area contributed by atoms with Gasteiger partial charge in [0.15, 0.2) is 5.84 Å². The highest BCUT2D eigenvalue weighted by Crippen LogP contribution is 2.20. The molecule has 1 aromatic rings. The molecule has 1 aromatic carbocycles. The number of nitro groups is 1. The van der Waals surface area contributed by atoms with E-state index in [1.165, 1.54) is 24.3 Å². The normalized spacial score (nSPS) is 20.2. The van der Waals surface area contributed by atoms with Crippen molar-refractivity contribution in [2.24, 2.45) is 15.9 Å². The largest absolute Gasteiger partial charge is 0.271 e. The second-order valence-corrected chi connectivity index (χ2v) is 4.34. The minimum Gasteiger partial charge on any atom is -0.271 e. The summed E-state index contributed by atoms with van der Waals surface area (Å²) < 4.78 is 0. The number of rotatable bonds is 2. The topological polar surface area (TPSA) is 84.9 Å². The number of amides is 1. The zero-order valence-corrected chi connectivity index (χ0v) is 10.3. The van der Waals surface area contributed by atoms with Crippen molar-refractivity contribution in [3.05, 3.63) is 64.2 Å². The molecule has 0 saturated heterocycles. The molecular weight excluding hydrogens is 258 g/mol. The predicted octanol–water partition coefficient (Wildman–Crippen LogP) is 2.06. The number of benzene rings is 1. The van der Waals surface area contributed by atoms with Gasteiger partial charge in [0.2, 0.25) is 0 Å². The molecular formula is C14H9N3O3. The summed E-state index contributed by atoms with van der Waals surface area (Å²) in [6, 6.07) is 5.81. The monoisotopic (exact) mass is 267 g/mol. The summed E-state index contributed by atoms with van der Waals surface area (Å²) in [5.74, 6) is -0.401. The molecule has 1 aliphatic carbocycles. The number of allylic oxidation sites excluding steroid dienone is 3. The summed E-state index contributed by atoms with van der Waals surface area (Å²) in [4.78, 5) is 30.3. The number of non-ortho nitro benzene ring substituents is 1.